The molecule has 3 fully saturated rings. The molecule has 3 aliphatic rings. The highest BCUT2D eigenvalue weighted by Crippen LogP contribution is 2.34. The molecule has 182 valence electrons. The van der Waals surface area contributed by atoms with Gasteiger partial charge in [-0.2, -0.15) is 4.31 Å². The van der Waals surface area contributed by atoms with E-state index >= 15 is 0 Å². The fraction of sp³-hybridized carbons (Fsp3) is 0.500. The summed E-state index contributed by atoms with van der Waals surface area (Å²) >= 11 is 0. The first-order valence-electron chi connectivity index (χ1n) is 12.2. The van der Waals surface area contributed by atoms with Crippen molar-refractivity contribution in [3.8, 4) is 0 Å². The van der Waals surface area contributed by atoms with Gasteiger partial charge < -0.3 is 9.80 Å². The molecule has 1 atom stereocenters. The Labute approximate surface area is 203 Å². The molecule has 1 saturated carbocycles. The summed E-state index contributed by atoms with van der Waals surface area (Å²) in [5.41, 5.74) is 4.81. The second-order valence-electron chi connectivity index (χ2n) is 9.87. The second-order valence-corrected chi connectivity index (χ2v) is 12.1. The molecule has 34 heavy (non-hydrogen) atoms. The molecule has 0 bridgehead atoms. The Kier molecular flexibility index (Phi) is 6.39. The van der Waals surface area contributed by atoms with Gasteiger partial charge in [0.25, 0.3) is 0 Å². The van der Waals surface area contributed by atoms with E-state index in [0.29, 0.717) is 19.6 Å². The topological polar surface area (TPSA) is 64.2 Å². The summed E-state index contributed by atoms with van der Waals surface area (Å²) < 4.78 is 27.5. The van der Waals surface area contributed by atoms with E-state index in [1.807, 2.05) is 40.1 Å². The van der Waals surface area contributed by atoms with Crippen LogP contribution in [0.15, 0.2) is 48.5 Å². The molecule has 2 heterocycles. The number of hydrogen-bond donors (Lipinski definition) is 0. The number of sulfonamides is 1. The number of amides is 1. The molecule has 0 spiro atoms. The number of hydrogen-bond acceptors (Lipinski definition) is 5. The van der Waals surface area contributed by atoms with E-state index in [4.69, 9.17) is 0 Å². The summed E-state index contributed by atoms with van der Waals surface area (Å²) in [5, 5.41) is -0.263. The average Bonchev–Trinajstić information content (AvgIpc) is 3.62. The molecule has 0 radical (unpaired) electrons. The molecular weight excluding hydrogens is 448 g/mol. The quantitative estimate of drug-likeness (QED) is 0.633. The van der Waals surface area contributed by atoms with Crippen LogP contribution in [0.1, 0.15) is 29.5 Å². The van der Waals surface area contributed by atoms with Crippen molar-refractivity contribution in [1.82, 2.24) is 14.1 Å². The SMILES string of the molecule is Cc1ccc(C)c(N2CCN(C(=O)[C@@H]3CN(S(=O)(=O)C4CC4)CN3Cc3ccccc3)CC2)c1. The lowest BCUT2D eigenvalue weighted by molar-refractivity contribution is -0.136. The van der Waals surface area contributed by atoms with Crippen LogP contribution in [0, 0.1) is 13.8 Å². The first-order chi connectivity index (χ1) is 16.3. The number of benzene rings is 2. The maximum Gasteiger partial charge on any atom is 0.241 e. The van der Waals surface area contributed by atoms with E-state index in [-0.39, 0.29) is 24.4 Å². The van der Waals surface area contributed by atoms with Crippen LogP contribution in [-0.2, 0) is 21.4 Å². The monoisotopic (exact) mass is 482 g/mol. The molecule has 2 aromatic rings. The summed E-state index contributed by atoms with van der Waals surface area (Å²) in [5.74, 6) is 0.0463. The Morgan fingerprint density at radius 2 is 1.68 bits per heavy atom. The van der Waals surface area contributed by atoms with Gasteiger partial charge in [-0.05, 0) is 49.4 Å². The molecule has 7 nitrogen and oxygen atoms in total. The van der Waals surface area contributed by atoms with Crippen molar-refractivity contribution in [3.63, 3.8) is 0 Å². The Hall–Kier alpha value is -2.42. The van der Waals surface area contributed by atoms with Crippen molar-refractivity contribution in [2.75, 3.05) is 44.3 Å². The minimum atomic E-state index is -3.33. The lowest BCUT2D eigenvalue weighted by Crippen LogP contribution is -2.54. The van der Waals surface area contributed by atoms with Crippen molar-refractivity contribution in [2.45, 2.75) is 44.5 Å². The number of aryl methyl sites for hydroxylation is 2. The van der Waals surface area contributed by atoms with Gasteiger partial charge in [0.05, 0.1) is 11.9 Å². The zero-order valence-corrected chi connectivity index (χ0v) is 20.9. The third kappa shape index (κ3) is 4.72. The molecule has 1 aliphatic carbocycles. The zero-order valence-electron chi connectivity index (χ0n) is 20.1. The third-order valence-electron chi connectivity index (χ3n) is 7.27. The number of carbonyl (C=O) groups excluding carboxylic acids is 1. The number of piperazine rings is 1. The molecule has 0 unspecified atom stereocenters. The molecule has 0 aromatic heterocycles. The van der Waals surface area contributed by atoms with Crippen LogP contribution in [-0.4, -0.2) is 79.1 Å². The fourth-order valence-corrected chi connectivity index (χ4v) is 6.89. The first-order valence-corrected chi connectivity index (χ1v) is 13.7. The van der Waals surface area contributed by atoms with Gasteiger partial charge in [0.1, 0.15) is 6.04 Å². The summed E-state index contributed by atoms with van der Waals surface area (Å²) in [6.07, 6.45) is 1.47. The predicted molar refractivity (Wildman–Crippen MR) is 134 cm³/mol. The van der Waals surface area contributed by atoms with Gasteiger partial charge in [0.2, 0.25) is 15.9 Å². The van der Waals surface area contributed by atoms with Crippen molar-refractivity contribution in [2.24, 2.45) is 0 Å². The van der Waals surface area contributed by atoms with Crippen molar-refractivity contribution in [3.05, 3.63) is 65.2 Å². The van der Waals surface area contributed by atoms with Crippen LogP contribution in [0.25, 0.3) is 0 Å². The van der Waals surface area contributed by atoms with E-state index in [1.54, 1.807) is 4.31 Å². The number of rotatable bonds is 6. The van der Waals surface area contributed by atoms with Gasteiger partial charge in [-0.3, -0.25) is 9.69 Å². The van der Waals surface area contributed by atoms with E-state index in [1.165, 1.54) is 16.8 Å². The van der Waals surface area contributed by atoms with Crippen molar-refractivity contribution in [1.29, 1.82) is 0 Å². The highest BCUT2D eigenvalue weighted by Gasteiger charge is 2.47. The van der Waals surface area contributed by atoms with Gasteiger partial charge in [-0.15, -0.1) is 0 Å². The lowest BCUT2D eigenvalue weighted by atomic mass is 10.1. The summed E-state index contributed by atoms with van der Waals surface area (Å²) in [7, 11) is -3.33. The Morgan fingerprint density at radius 1 is 0.971 bits per heavy atom. The van der Waals surface area contributed by atoms with Crippen LogP contribution in [0.2, 0.25) is 0 Å². The van der Waals surface area contributed by atoms with Crippen LogP contribution >= 0.6 is 0 Å². The molecule has 2 aromatic carbocycles. The predicted octanol–water partition coefficient (Wildman–Crippen LogP) is 2.59. The molecule has 8 heteroatoms. The minimum Gasteiger partial charge on any atom is -0.368 e. The highest BCUT2D eigenvalue weighted by molar-refractivity contribution is 7.90. The van der Waals surface area contributed by atoms with Crippen LogP contribution in [0.3, 0.4) is 0 Å². The molecular formula is C26H34N4O3S. The highest BCUT2D eigenvalue weighted by atomic mass is 32.2. The molecule has 1 amide bonds. The third-order valence-corrected chi connectivity index (χ3v) is 9.57. The maximum atomic E-state index is 13.7. The molecule has 2 aliphatic heterocycles. The lowest BCUT2D eigenvalue weighted by Gasteiger charge is -2.38. The standard InChI is InChI=1S/C26H34N4O3S/c1-20-8-9-21(2)24(16-20)27-12-14-28(15-13-27)26(31)25-18-30(34(32,33)23-10-11-23)19-29(25)17-22-6-4-3-5-7-22/h3-9,16,23,25H,10-15,17-19H2,1-2H3/t25-/m0/s1. The van der Waals surface area contributed by atoms with Crippen LogP contribution in [0.5, 0.6) is 0 Å². The van der Waals surface area contributed by atoms with Crippen LogP contribution in [0.4, 0.5) is 5.69 Å². The van der Waals surface area contributed by atoms with Crippen LogP contribution < -0.4 is 4.90 Å². The molecule has 0 N–H and O–H groups in total. The van der Waals surface area contributed by atoms with E-state index < -0.39 is 16.1 Å². The molecule has 2 saturated heterocycles. The largest absolute Gasteiger partial charge is 0.368 e. The first kappa shape index (κ1) is 23.3. The van der Waals surface area contributed by atoms with E-state index in [2.05, 4.69) is 36.9 Å². The Balaban J connectivity index is 1.30. The second kappa shape index (κ2) is 9.32. The van der Waals surface area contributed by atoms with E-state index in [9.17, 15) is 13.2 Å². The van der Waals surface area contributed by atoms with Crippen molar-refractivity contribution >= 4 is 21.6 Å². The minimum absolute atomic E-state index is 0.0463. The summed E-state index contributed by atoms with van der Waals surface area (Å²) in [6.45, 7) is 8.20. The number of anilines is 1. The fourth-order valence-electron chi connectivity index (χ4n) is 5.08. The van der Waals surface area contributed by atoms with Gasteiger partial charge in [-0.1, -0.05) is 42.5 Å². The van der Waals surface area contributed by atoms with Gasteiger partial charge in [0, 0.05) is 45.0 Å². The smallest absolute Gasteiger partial charge is 0.241 e. The average molecular weight is 483 g/mol. The summed E-state index contributed by atoms with van der Waals surface area (Å²) in [6, 6.07) is 16.0. The number of carbonyl (C=O) groups is 1. The van der Waals surface area contributed by atoms with Gasteiger partial charge in [-0.25, -0.2) is 8.42 Å². The Bertz CT molecular complexity index is 1140. The van der Waals surface area contributed by atoms with E-state index in [0.717, 1.165) is 31.5 Å². The maximum absolute atomic E-state index is 13.7. The normalized spacial score (nSPS) is 22.4. The Morgan fingerprint density at radius 3 is 2.35 bits per heavy atom. The van der Waals surface area contributed by atoms with Crippen molar-refractivity contribution < 1.29 is 13.2 Å². The number of nitrogens with zero attached hydrogens (tertiary/aromatic N) is 4. The van der Waals surface area contributed by atoms with Gasteiger partial charge >= 0.3 is 0 Å². The summed E-state index contributed by atoms with van der Waals surface area (Å²) in [4.78, 5) is 20.0. The van der Waals surface area contributed by atoms with Gasteiger partial charge in [0.15, 0.2) is 0 Å². The zero-order chi connectivity index (χ0) is 23.9. The molecule has 5 rings (SSSR count).